The molecule has 5 heteroatoms. The molecule has 2 heterocycles. The highest BCUT2D eigenvalue weighted by atomic mass is 79.9. The van der Waals surface area contributed by atoms with E-state index in [4.69, 9.17) is 0 Å². The molecule has 4 nitrogen and oxygen atoms in total. The van der Waals surface area contributed by atoms with Gasteiger partial charge in [-0.2, -0.15) is 5.10 Å². The summed E-state index contributed by atoms with van der Waals surface area (Å²) in [6.45, 7) is 4.40. The van der Waals surface area contributed by atoms with Crippen molar-refractivity contribution in [3.8, 4) is 0 Å². The van der Waals surface area contributed by atoms with Crippen LogP contribution >= 0.6 is 15.9 Å². The standard InChI is InChI=1S/C12H14BrN3O/c1-8-5-4-6-11(17)16(8)7-10-12(13)9(2)14-15(10)3/h4-6H,7H2,1-3H3. The Balaban J connectivity index is 2.49. The molecule has 0 saturated carbocycles. The first-order chi connectivity index (χ1) is 8.00. The van der Waals surface area contributed by atoms with Gasteiger partial charge in [0.1, 0.15) is 0 Å². The van der Waals surface area contributed by atoms with E-state index in [9.17, 15) is 4.79 Å². The summed E-state index contributed by atoms with van der Waals surface area (Å²) in [6, 6.07) is 5.28. The maximum absolute atomic E-state index is 11.8. The Hall–Kier alpha value is -1.36. The van der Waals surface area contributed by atoms with Crippen LogP contribution in [0.5, 0.6) is 0 Å². The number of hydrogen-bond donors (Lipinski definition) is 0. The van der Waals surface area contributed by atoms with Crippen LogP contribution in [0.3, 0.4) is 0 Å². The Kier molecular flexibility index (Phi) is 3.19. The highest BCUT2D eigenvalue weighted by molar-refractivity contribution is 9.10. The lowest BCUT2D eigenvalue weighted by Crippen LogP contribution is -2.22. The summed E-state index contributed by atoms with van der Waals surface area (Å²) < 4.78 is 4.51. The molecule has 0 saturated heterocycles. The van der Waals surface area contributed by atoms with Crippen LogP contribution in [0.15, 0.2) is 27.5 Å². The van der Waals surface area contributed by atoms with Crippen LogP contribution in [0.1, 0.15) is 17.1 Å². The Bertz CT molecular complexity index is 613. The average molecular weight is 296 g/mol. The summed E-state index contributed by atoms with van der Waals surface area (Å²) in [7, 11) is 1.89. The van der Waals surface area contributed by atoms with Crippen molar-refractivity contribution in [2.24, 2.45) is 7.05 Å². The molecule has 0 aliphatic heterocycles. The molecule has 0 N–H and O–H groups in total. The number of aryl methyl sites for hydroxylation is 3. The minimum atomic E-state index is 0.00996. The number of pyridine rings is 1. The van der Waals surface area contributed by atoms with Gasteiger partial charge >= 0.3 is 0 Å². The van der Waals surface area contributed by atoms with Gasteiger partial charge in [0.15, 0.2) is 0 Å². The molecule has 0 aromatic carbocycles. The minimum Gasteiger partial charge on any atom is -0.307 e. The van der Waals surface area contributed by atoms with Crippen LogP contribution in [0.25, 0.3) is 0 Å². The first-order valence-corrected chi connectivity index (χ1v) is 6.14. The van der Waals surface area contributed by atoms with Gasteiger partial charge in [-0.3, -0.25) is 9.48 Å². The summed E-state index contributed by atoms with van der Waals surface area (Å²) in [4.78, 5) is 11.8. The van der Waals surface area contributed by atoms with Gasteiger partial charge < -0.3 is 4.57 Å². The van der Waals surface area contributed by atoms with Gasteiger partial charge in [-0.25, -0.2) is 0 Å². The third-order valence-corrected chi connectivity index (χ3v) is 3.87. The highest BCUT2D eigenvalue weighted by Gasteiger charge is 2.12. The Morgan fingerprint density at radius 2 is 2.06 bits per heavy atom. The SMILES string of the molecule is Cc1nn(C)c(Cn2c(C)cccc2=O)c1Br. The van der Waals surface area contributed by atoms with E-state index in [1.165, 1.54) is 0 Å². The van der Waals surface area contributed by atoms with E-state index in [2.05, 4.69) is 21.0 Å². The predicted molar refractivity (Wildman–Crippen MR) is 70.2 cm³/mol. The molecule has 0 aliphatic carbocycles. The lowest BCUT2D eigenvalue weighted by molar-refractivity contribution is 0.639. The molecule has 0 spiro atoms. The number of hydrogen-bond acceptors (Lipinski definition) is 2. The summed E-state index contributed by atoms with van der Waals surface area (Å²) in [6.07, 6.45) is 0. The third-order valence-electron chi connectivity index (χ3n) is 2.84. The van der Waals surface area contributed by atoms with Crippen LogP contribution in [0.2, 0.25) is 0 Å². The van der Waals surface area contributed by atoms with E-state index in [1.54, 1.807) is 21.4 Å². The van der Waals surface area contributed by atoms with E-state index in [-0.39, 0.29) is 5.56 Å². The van der Waals surface area contributed by atoms with E-state index >= 15 is 0 Å². The van der Waals surface area contributed by atoms with Crippen molar-refractivity contribution in [2.75, 3.05) is 0 Å². The second-order valence-electron chi connectivity index (χ2n) is 4.06. The van der Waals surface area contributed by atoms with Crippen molar-refractivity contribution >= 4 is 15.9 Å². The monoisotopic (exact) mass is 295 g/mol. The molecule has 0 amide bonds. The summed E-state index contributed by atoms with van der Waals surface area (Å²) in [5.41, 5.74) is 2.89. The zero-order chi connectivity index (χ0) is 12.6. The fraction of sp³-hybridized carbons (Fsp3) is 0.333. The molecule has 0 atom stereocenters. The van der Waals surface area contributed by atoms with Crippen molar-refractivity contribution < 1.29 is 0 Å². The van der Waals surface area contributed by atoms with E-state index < -0.39 is 0 Å². The molecule has 0 unspecified atom stereocenters. The lowest BCUT2D eigenvalue weighted by atomic mass is 10.3. The van der Waals surface area contributed by atoms with Gasteiger partial charge in [0.25, 0.3) is 5.56 Å². The molecular formula is C12H14BrN3O. The predicted octanol–water partition coefficient (Wildman–Crippen LogP) is 2.01. The van der Waals surface area contributed by atoms with Crippen LogP contribution in [0.4, 0.5) is 0 Å². The van der Waals surface area contributed by atoms with Crippen LogP contribution < -0.4 is 5.56 Å². The second-order valence-corrected chi connectivity index (χ2v) is 4.85. The topological polar surface area (TPSA) is 39.8 Å². The maximum atomic E-state index is 11.8. The largest absolute Gasteiger partial charge is 0.307 e. The van der Waals surface area contributed by atoms with Crippen LogP contribution in [-0.4, -0.2) is 14.3 Å². The number of aromatic nitrogens is 3. The molecule has 2 aromatic heterocycles. The normalized spacial score (nSPS) is 10.8. The molecule has 17 heavy (non-hydrogen) atoms. The minimum absolute atomic E-state index is 0.00996. The Morgan fingerprint density at radius 1 is 1.35 bits per heavy atom. The Labute approximate surface area is 108 Å². The van der Waals surface area contributed by atoms with E-state index in [0.717, 1.165) is 21.6 Å². The van der Waals surface area contributed by atoms with Gasteiger partial charge in [-0.15, -0.1) is 0 Å². The van der Waals surface area contributed by atoms with Crippen molar-refractivity contribution in [2.45, 2.75) is 20.4 Å². The summed E-state index contributed by atoms with van der Waals surface area (Å²) >= 11 is 3.51. The van der Waals surface area contributed by atoms with Gasteiger partial charge in [0.2, 0.25) is 0 Å². The smallest absolute Gasteiger partial charge is 0.251 e. The zero-order valence-electron chi connectivity index (χ0n) is 10.1. The van der Waals surface area contributed by atoms with Gasteiger partial charge in [0.05, 0.1) is 22.4 Å². The Morgan fingerprint density at radius 3 is 2.59 bits per heavy atom. The highest BCUT2D eigenvalue weighted by Crippen LogP contribution is 2.20. The van der Waals surface area contributed by atoms with E-state index in [1.807, 2.05) is 27.0 Å². The van der Waals surface area contributed by atoms with Crippen molar-refractivity contribution in [1.29, 1.82) is 0 Å². The fourth-order valence-electron chi connectivity index (χ4n) is 1.83. The first kappa shape index (κ1) is 12.1. The molecule has 0 radical (unpaired) electrons. The van der Waals surface area contributed by atoms with Crippen LogP contribution in [0, 0.1) is 13.8 Å². The van der Waals surface area contributed by atoms with Gasteiger partial charge in [0, 0.05) is 18.8 Å². The first-order valence-electron chi connectivity index (χ1n) is 5.35. The molecule has 0 fully saturated rings. The van der Waals surface area contributed by atoms with E-state index in [0.29, 0.717) is 6.54 Å². The number of nitrogens with zero attached hydrogens (tertiary/aromatic N) is 3. The van der Waals surface area contributed by atoms with Crippen molar-refractivity contribution in [3.05, 3.63) is 50.1 Å². The number of halogens is 1. The third kappa shape index (κ3) is 2.20. The summed E-state index contributed by atoms with van der Waals surface area (Å²) in [5.74, 6) is 0. The quantitative estimate of drug-likeness (QED) is 0.850. The average Bonchev–Trinajstić information content (AvgIpc) is 2.49. The summed E-state index contributed by atoms with van der Waals surface area (Å²) in [5, 5.41) is 4.32. The molecule has 0 aliphatic rings. The molecular weight excluding hydrogens is 282 g/mol. The van der Waals surface area contributed by atoms with Crippen LogP contribution in [-0.2, 0) is 13.6 Å². The van der Waals surface area contributed by atoms with Gasteiger partial charge in [-0.05, 0) is 35.8 Å². The maximum Gasteiger partial charge on any atom is 0.251 e. The number of rotatable bonds is 2. The lowest BCUT2D eigenvalue weighted by Gasteiger charge is -2.09. The zero-order valence-corrected chi connectivity index (χ0v) is 11.7. The molecule has 0 bridgehead atoms. The molecule has 2 rings (SSSR count). The van der Waals surface area contributed by atoms with Gasteiger partial charge in [-0.1, -0.05) is 6.07 Å². The van der Waals surface area contributed by atoms with Crippen molar-refractivity contribution in [3.63, 3.8) is 0 Å². The fourth-order valence-corrected chi connectivity index (χ4v) is 2.29. The van der Waals surface area contributed by atoms with Crippen molar-refractivity contribution in [1.82, 2.24) is 14.3 Å². The molecule has 90 valence electrons. The molecule has 2 aromatic rings. The second kappa shape index (κ2) is 4.49.